The number of nitrogens with zero attached hydrogens (tertiary/aromatic N) is 1. The Kier molecular flexibility index (Phi) is 4.33. The average Bonchev–Trinajstić information content (AvgIpc) is 2.92. The Bertz CT molecular complexity index is 538. The highest BCUT2D eigenvalue weighted by molar-refractivity contribution is 6.31. The largest absolute Gasteiger partial charge is 0.397 e. The maximum Gasteiger partial charge on any atom is 0.238 e. The predicted molar refractivity (Wildman–Crippen MR) is 83.4 cm³/mol. The number of fused-ring (bicyclic) bond motifs is 1. The number of carbonyl (C=O) groups is 1. The van der Waals surface area contributed by atoms with Crippen molar-refractivity contribution in [2.45, 2.75) is 31.4 Å². The molecule has 0 spiro atoms. The lowest BCUT2D eigenvalue weighted by molar-refractivity contribution is -0.121. The van der Waals surface area contributed by atoms with E-state index >= 15 is 0 Å². The number of hydrogen-bond donors (Lipinski definition) is 2. The lowest BCUT2D eigenvalue weighted by Gasteiger charge is -2.37. The van der Waals surface area contributed by atoms with Crippen LogP contribution in [0.5, 0.6) is 0 Å². The summed E-state index contributed by atoms with van der Waals surface area (Å²) >= 11 is 5.93. The van der Waals surface area contributed by atoms with Crippen molar-refractivity contribution in [2.24, 2.45) is 0 Å². The van der Waals surface area contributed by atoms with E-state index in [0.717, 1.165) is 19.4 Å². The third-order valence-electron chi connectivity index (χ3n) is 4.23. The number of nitrogens with one attached hydrogen (secondary N) is 1. The van der Waals surface area contributed by atoms with Crippen molar-refractivity contribution in [2.75, 3.05) is 30.7 Å². The van der Waals surface area contributed by atoms with Crippen molar-refractivity contribution in [1.82, 2.24) is 4.90 Å². The second-order valence-corrected chi connectivity index (χ2v) is 6.09. The minimum Gasteiger partial charge on any atom is -0.397 e. The average molecular weight is 310 g/mol. The van der Waals surface area contributed by atoms with E-state index in [1.807, 2.05) is 0 Å². The lowest BCUT2D eigenvalue weighted by Crippen LogP contribution is -2.51. The monoisotopic (exact) mass is 309 g/mol. The standard InChI is InChI=1S/C15H20ClN3O2/c16-10-4-5-11(17)12(8-10)18-15(20)9-19-6-7-21-14-3-1-2-13(14)19/h4-5,8,13-14H,1-3,6-7,9,17H2,(H,18,20). The Morgan fingerprint density at radius 3 is 3.19 bits per heavy atom. The first-order valence-electron chi connectivity index (χ1n) is 7.34. The number of ether oxygens (including phenoxy) is 1. The zero-order chi connectivity index (χ0) is 14.8. The molecule has 1 heterocycles. The Balaban J connectivity index is 1.62. The van der Waals surface area contributed by atoms with Gasteiger partial charge in [0.05, 0.1) is 30.6 Å². The molecular weight excluding hydrogens is 290 g/mol. The molecule has 1 amide bonds. The van der Waals surface area contributed by atoms with E-state index < -0.39 is 0 Å². The number of hydrogen-bond acceptors (Lipinski definition) is 4. The number of halogens is 1. The quantitative estimate of drug-likeness (QED) is 0.839. The fraction of sp³-hybridized carbons (Fsp3) is 0.533. The number of anilines is 2. The molecule has 114 valence electrons. The van der Waals surface area contributed by atoms with E-state index in [4.69, 9.17) is 22.1 Å². The van der Waals surface area contributed by atoms with Gasteiger partial charge < -0.3 is 15.8 Å². The van der Waals surface area contributed by atoms with Gasteiger partial charge in [-0.25, -0.2) is 0 Å². The van der Waals surface area contributed by atoms with Gasteiger partial charge in [-0.05, 0) is 37.5 Å². The van der Waals surface area contributed by atoms with E-state index in [9.17, 15) is 4.79 Å². The molecule has 6 heteroatoms. The summed E-state index contributed by atoms with van der Waals surface area (Å²) in [5.74, 6) is -0.0588. The van der Waals surface area contributed by atoms with Crippen LogP contribution in [0.15, 0.2) is 18.2 Å². The summed E-state index contributed by atoms with van der Waals surface area (Å²) in [6, 6.07) is 5.45. The maximum atomic E-state index is 12.2. The van der Waals surface area contributed by atoms with Gasteiger partial charge in [0.15, 0.2) is 0 Å². The van der Waals surface area contributed by atoms with Crippen LogP contribution in [0.3, 0.4) is 0 Å². The fourth-order valence-electron chi connectivity index (χ4n) is 3.21. The number of benzene rings is 1. The molecule has 21 heavy (non-hydrogen) atoms. The predicted octanol–water partition coefficient (Wildman–Crippen LogP) is 2.11. The summed E-state index contributed by atoms with van der Waals surface area (Å²) in [7, 11) is 0. The molecule has 0 aromatic heterocycles. The summed E-state index contributed by atoms with van der Waals surface area (Å²) < 4.78 is 5.76. The highest BCUT2D eigenvalue weighted by Crippen LogP contribution is 2.29. The molecule has 2 fully saturated rings. The van der Waals surface area contributed by atoms with Crippen LogP contribution < -0.4 is 11.1 Å². The minimum absolute atomic E-state index is 0.0588. The zero-order valence-electron chi connectivity index (χ0n) is 11.8. The number of rotatable bonds is 3. The lowest BCUT2D eigenvalue weighted by atomic mass is 10.1. The van der Waals surface area contributed by atoms with Gasteiger partial charge in [0.2, 0.25) is 5.91 Å². The molecule has 2 unspecified atom stereocenters. The second kappa shape index (κ2) is 6.22. The Morgan fingerprint density at radius 2 is 2.33 bits per heavy atom. The van der Waals surface area contributed by atoms with Crippen molar-refractivity contribution >= 4 is 28.9 Å². The van der Waals surface area contributed by atoms with Gasteiger partial charge in [0.25, 0.3) is 0 Å². The van der Waals surface area contributed by atoms with Gasteiger partial charge in [-0.2, -0.15) is 0 Å². The Morgan fingerprint density at radius 1 is 1.48 bits per heavy atom. The molecule has 1 aromatic carbocycles. The zero-order valence-corrected chi connectivity index (χ0v) is 12.6. The van der Waals surface area contributed by atoms with E-state index in [1.54, 1.807) is 18.2 Å². The number of morpholine rings is 1. The van der Waals surface area contributed by atoms with Crippen LogP contribution in [0.25, 0.3) is 0 Å². The molecule has 1 saturated heterocycles. The van der Waals surface area contributed by atoms with E-state index in [-0.39, 0.29) is 5.91 Å². The molecule has 2 aliphatic rings. The summed E-state index contributed by atoms with van der Waals surface area (Å²) in [6.07, 6.45) is 3.68. The number of nitrogens with two attached hydrogens (primary N) is 1. The molecule has 3 N–H and O–H groups in total. The molecule has 0 radical (unpaired) electrons. The first-order chi connectivity index (χ1) is 10.1. The second-order valence-electron chi connectivity index (χ2n) is 5.66. The first kappa shape index (κ1) is 14.6. The Hall–Kier alpha value is -1.30. The minimum atomic E-state index is -0.0588. The van der Waals surface area contributed by atoms with Crippen LogP contribution in [0.2, 0.25) is 5.02 Å². The van der Waals surface area contributed by atoms with E-state index in [2.05, 4.69) is 10.2 Å². The summed E-state index contributed by atoms with van der Waals surface area (Å²) in [5, 5.41) is 3.40. The van der Waals surface area contributed by atoms with Crippen molar-refractivity contribution < 1.29 is 9.53 Å². The van der Waals surface area contributed by atoms with Crippen LogP contribution in [0.1, 0.15) is 19.3 Å². The molecule has 1 aliphatic heterocycles. The van der Waals surface area contributed by atoms with Gasteiger partial charge in [-0.1, -0.05) is 11.6 Å². The van der Waals surface area contributed by atoms with Gasteiger partial charge in [-0.3, -0.25) is 9.69 Å². The third kappa shape index (κ3) is 3.31. The highest BCUT2D eigenvalue weighted by Gasteiger charge is 2.36. The summed E-state index contributed by atoms with van der Waals surface area (Å²) in [6.45, 7) is 1.88. The number of amides is 1. The van der Waals surface area contributed by atoms with Crippen LogP contribution in [0, 0.1) is 0 Å². The maximum absolute atomic E-state index is 12.2. The molecule has 1 saturated carbocycles. The van der Waals surface area contributed by atoms with Crippen molar-refractivity contribution in [1.29, 1.82) is 0 Å². The number of carbonyl (C=O) groups excluding carboxylic acids is 1. The topological polar surface area (TPSA) is 67.6 Å². The molecule has 2 atom stereocenters. The molecule has 5 nitrogen and oxygen atoms in total. The van der Waals surface area contributed by atoms with Gasteiger partial charge >= 0.3 is 0 Å². The van der Waals surface area contributed by atoms with Crippen LogP contribution in [-0.2, 0) is 9.53 Å². The van der Waals surface area contributed by atoms with Crippen LogP contribution in [0.4, 0.5) is 11.4 Å². The molecular formula is C15H20ClN3O2. The smallest absolute Gasteiger partial charge is 0.238 e. The number of nitrogen functional groups attached to an aromatic ring is 1. The van der Waals surface area contributed by atoms with Crippen molar-refractivity contribution in [3.05, 3.63) is 23.2 Å². The van der Waals surface area contributed by atoms with Crippen LogP contribution in [-0.4, -0.2) is 42.6 Å². The SMILES string of the molecule is Nc1ccc(Cl)cc1NC(=O)CN1CCOC2CCCC21. The normalized spacial score (nSPS) is 25.6. The van der Waals surface area contributed by atoms with Crippen molar-refractivity contribution in [3.63, 3.8) is 0 Å². The summed E-state index contributed by atoms with van der Waals surface area (Å²) in [5.41, 5.74) is 6.94. The first-order valence-corrected chi connectivity index (χ1v) is 7.72. The van der Waals surface area contributed by atoms with Crippen molar-refractivity contribution in [3.8, 4) is 0 Å². The summed E-state index contributed by atoms with van der Waals surface area (Å²) in [4.78, 5) is 14.5. The van der Waals surface area contributed by atoms with E-state index in [1.165, 1.54) is 6.42 Å². The van der Waals surface area contributed by atoms with Gasteiger partial charge in [0, 0.05) is 17.6 Å². The molecule has 1 aromatic rings. The molecule has 1 aliphatic carbocycles. The molecule has 0 bridgehead atoms. The van der Waals surface area contributed by atoms with Gasteiger partial charge in [0.1, 0.15) is 0 Å². The Labute approximate surface area is 129 Å². The van der Waals surface area contributed by atoms with E-state index in [0.29, 0.717) is 41.7 Å². The van der Waals surface area contributed by atoms with Gasteiger partial charge in [-0.15, -0.1) is 0 Å². The fourth-order valence-corrected chi connectivity index (χ4v) is 3.39. The third-order valence-corrected chi connectivity index (χ3v) is 4.47. The highest BCUT2D eigenvalue weighted by atomic mass is 35.5. The molecule has 3 rings (SSSR count). The van der Waals surface area contributed by atoms with Crippen LogP contribution >= 0.6 is 11.6 Å².